The lowest BCUT2D eigenvalue weighted by Crippen LogP contribution is -1.87. The van der Waals surface area contributed by atoms with Gasteiger partial charge in [0.1, 0.15) is 0 Å². The minimum Gasteiger partial charge on any atom is -0.462 e. The van der Waals surface area contributed by atoms with Crippen molar-refractivity contribution in [3.05, 3.63) is 84.9 Å². The predicted octanol–water partition coefficient (Wildman–Crippen LogP) is 7.89. The summed E-state index contributed by atoms with van der Waals surface area (Å²) in [6.45, 7) is 0. The van der Waals surface area contributed by atoms with Crippen LogP contribution in [0.5, 0.6) is 0 Å². The molecular formula is C26H18N4O8. The minimum absolute atomic E-state index is 1.30. The maximum Gasteiger partial charge on any atom is 0.450 e. The zero-order valence-corrected chi connectivity index (χ0v) is 19.3. The zero-order valence-electron chi connectivity index (χ0n) is 19.3. The van der Waals surface area contributed by atoms with Gasteiger partial charge in [-0.2, -0.15) is 0 Å². The molecule has 0 saturated carbocycles. The standard InChI is InChI=1S/C22H14.2C2H2N2O4/c1-2-6-16-10-20-14-22-12-18-8-4-3-7-17(18)11-21(22)13-19(20)9-15(16)5-1;2*5-1(6)3-4-2(7)8/h1-14H;2*(H,5,6)(H,7,8). The molecule has 0 aliphatic heterocycles. The summed E-state index contributed by atoms with van der Waals surface area (Å²) in [4.78, 5) is 37.5. The molecule has 0 bridgehead atoms. The van der Waals surface area contributed by atoms with Crippen LogP contribution < -0.4 is 0 Å². The van der Waals surface area contributed by atoms with Crippen molar-refractivity contribution in [2.45, 2.75) is 0 Å². The smallest absolute Gasteiger partial charge is 0.450 e. The molecule has 0 radical (unpaired) electrons. The SMILES string of the molecule is O=C(O)N=NC(=O)O.O=C(O)N=NC(=O)O.c1ccc2cc3cc4cc5ccccc5cc4cc3cc2c1. The van der Waals surface area contributed by atoms with Crippen molar-refractivity contribution < 1.29 is 39.6 Å². The van der Waals surface area contributed by atoms with Crippen molar-refractivity contribution in [2.24, 2.45) is 20.5 Å². The van der Waals surface area contributed by atoms with Crippen molar-refractivity contribution in [2.75, 3.05) is 0 Å². The third-order valence-electron chi connectivity index (χ3n) is 4.97. The summed E-state index contributed by atoms with van der Waals surface area (Å²) in [6.07, 6.45) is -6.47. The van der Waals surface area contributed by atoms with Crippen LogP contribution in [0.3, 0.4) is 0 Å². The Bertz CT molecular complexity index is 1500. The largest absolute Gasteiger partial charge is 0.462 e. The van der Waals surface area contributed by atoms with E-state index in [0.717, 1.165) is 0 Å². The van der Waals surface area contributed by atoms with E-state index in [4.69, 9.17) is 20.4 Å². The molecule has 5 aromatic carbocycles. The van der Waals surface area contributed by atoms with E-state index in [0.29, 0.717) is 0 Å². The lowest BCUT2D eigenvalue weighted by Gasteiger charge is -2.07. The Balaban J connectivity index is 0.000000209. The lowest BCUT2D eigenvalue weighted by atomic mass is 9.97. The van der Waals surface area contributed by atoms with Crippen molar-refractivity contribution in [1.29, 1.82) is 0 Å². The van der Waals surface area contributed by atoms with E-state index in [1.54, 1.807) is 0 Å². The monoisotopic (exact) mass is 514 g/mol. The van der Waals surface area contributed by atoms with Crippen LogP contribution in [0.2, 0.25) is 0 Å². The third kappa shape index (κ3) is 7.61. The van der Waals surface area contributed by atoms with E-state index in [9.17, 15) is 19.2 Å². The first-order chi connectivity index (χ1) is 18.1. The van der Waals surface area contributed by atoms with Gasteiger partial charge in [-0.1, -0.05) is 69.0 Å². The van der Waals surface area contributed by atoms with E-state index < -0.39 is 24.4 Å². The minimum atomic E-state index is -1.62. The molecule has 0 aliphatic rings. The van der Waals surface area contributed by atoms with Crippen LogP contribution in [0.25, 0.3) is 43.1 Å². The molecule has 0 aliphatic carbocycles. The fraction of sp³-hybridized carbons (Fsp3) is 0. The highest BCUT2D eigenvalue weighted by molar-refractivity contribution is 6.08. The summed E-state index contributed by atoms with van der Waals surface area (Å²) in [5.41, 5.74) is 0. The van der Waals surface area contributed by atoms with E-state index in [1.165, 1.54) is 43.1 Å². The average molecular weight is 514 g/mol. The predicted molar refractivity (Wildman–Crippen MR) is 138 cm³/mol. The number of amides is 4. The molecule has 0 aromatic heterocycles. The van der Waals surface area contributed by atoms with Gasteiger partial charge in [-0.15, -0.1) is 0 Å². The number of nitrogens with zero attached hydrogens (tertiary/aromatic N) is 4. The molecule has 190 valence electrons. The van der Waals surface area contributed by atoms with Gasteiger partial charge in [-0.05, 0) is 79.5 Å². The normalized spacial score (nSPS) is 10.7. The summed E-state index contributed by atoms with van der Waals surface area (Å²) in [5.74, 6) is 0. The second-order valence-electron chi connectivity index (χ2n) is 7.48. The Morgan fingerprint density at radius 2 is 0.553 bits per heavy atom. The van der Waals surface area contributed by atoms with Crippen molar-refractivity contribution in [1.82, 2.24) is 0 Å². The fourth-order valence-electron chi connectivity index (χ4n) is 3.56. The van der Waals surface area contributed by atoms with Gasteiger partial charge < -0.3 is 20.4 Å². The van der Waals surface area contributed by atoms with Crippen LogP contribution in [-0.2, 0) is 0 Å². The van der Waals surface area contributed by atoms with Gasteiger partial charge in [0.25, 0.3) is 0 Å². The van der Waals surface area contributed by atoms with Crippen molar-refractivity contribution in [3.8, 4) is 0 Å². The van der Waals surface area contributed by atoms with Crippen LogP contribution >= 0.6 is 0 Å². The quantitative estimate of drug-likeness (QED) is 0.118. The van der Waals surface area contributed by atoms with Crippen LogP contribution in [0.1, 0.15) is 0 Å². The molecule has 0 atom stereocenters. The topological polar surface area (TPSA) is 199 Å². The Hall–Kier alpha value is -5.78. The van der Waals surface area contributed by atoms with E-state index in [-0.39, 0.29) is 0 Å². The van der Waals surface area contributed by atoms with Gasteiger partial charge >= 0.3 is 24.4 Å². The molecule has 12 nitrogen and oxygen atoms in total. The molecule has 0 heterocycles. The summed E-state index contributed by atoms with van der Waals surface area (Å²) < 4.78 is 0. The van der Waals surface area contributed by atoms with Crippen LogP contribution in [0.4, 0.5) is 19.2 Å². The van der Waals surface area contributed by atoms with E-state index >= 15 is 0 Å². The first-order valence-corrected chi connectivity index (χ1v) is 10.6. The molecule has 38 heavy (non-hydrogen) atoms. The number of rotatable bonds is 0. The van der Waals surface area contributed by atoms with Gasteiger partial charge in [-0.25, -0.2) is 19.2 Å². The number of hydrogen-bond donors (Lipinski definition) is 4. The highest BCUT2D eigenvalue weighted by Gasteiger charge is 2.03. The van der Waals surface area contributed by atoms with Crippen LogP contribution in [0, 0.1) is 0 Å². The Morgan fingerprint density at radius 3 is 0.737 bits per heavy atom. The molecule has 0 unspecified atom stereocenters. The third-order valence-corrected chi connectivity index (χ3v) is 4.97. The number of benzene rings is 5. The molecule has 5 aromatic rings. The molecule has 4 amide bonds. The van der Waals surface area contributed by atoms with Gasteiger partial charge in [0.05, 0.1) is 0 Å². The summed E-state index contributed by atoms with van der Waals surface area (Å²) in [7, 11) is 0. The number of carbonyl (C=O) groups is 4. The molecule has 0 saturated heterocycles. The highest BCUT2D eigenvalue weighted by atomic mass is 16.4. The molecule has 0 fully saturated rings. The van der Waals surface area contributed by atoms with Crippen molar-refractivity contribution in [3.63, 3.8) is 0 Å². The Labute approximate surface area is 212 Å². The summed E-state index contributed by atoms with van der Waals surface area (Å²) in [6, 6.07) is 30.9. The summed E-state index contributed by atoms with van der Waals surface area (Å²) >= 11 is 0. The number of azo groups is 2. The average Bonchev–Trinajstić information content (AvgIpc) is 2.88. The second kappa shape index (κ2) is 12.3. The van der Waals surface area contributed by atoms with Gasteiger partial charge in [-0.3, -0.25) is 0 Å². The van der Waals surface area contributed by atoms with E-state index in [1.807, 2.05) is 0 Å². The number of fused-ring (bicyclic) bond motifs is 4. The maximum absolute atomic E-state index is 9.38. The number of carboxylic acid groups (broad SMARTS) is 4. The lowest BCUT2D eigenvalue weighted by molar-refractivity contribution is 0.194. The zero-order chi connectivity index (χ0) is 27.7. The molecular weight excluding hydrogens is 496 g/mol. The van der Waals surface area contributed by atoms with Crippen LogP contribution in [0.15, 0.2) is 105 Å². The first-order valence-electron chi connectivity index (χ1n) is 10.6. The van der Waals surface area contributed by atoms with Gasteiger partial charge in [0, 0.05) is 0 Å². The van der Waals surface area contributed by atoms with E-state index in [2.05, 4.69) is 105 Å². The number of hydrogen-bond acceptors (Lipinski definition) is 4. The molecule has 12 heteroatoms. The summed E-state index contributed by atoms with van der Waals surface area (Å²) in [5, 5.41) is 50.1. The maximum atomic E-state index is 9.38. The van der Waals surface area contributed by atoms with Crippen molar-refractivity contribution >= 4 is 67.5 Å². The molecule has 4 N–H and O–H groups in total. The molecule has 0 spiro atoms. The second-order valence-corrected chi connectivity index (χ2v) is 7.48. The van der Waals surface area contributed by atoms with Crippen LogP contribution in [-0.4, -0.2) is 44.8 Å². The Kier molecular flexibility index (Phi) is 8.65. The Morgan fingerprint density at radius 1 is 0.368 bits per heavy atom. The van der Waals surface area contributed by atoms with Gasteiger partial charge in [0.2, 0.25) is 0 Å². The van der Waals surface area contributed by atoms with Gasteiger partial charge in [0.15, 0.2) is 0 Å². The fourth-order valence-corrected chi connectivity index (χ4v) is 3.56. The first kappa shape index (κ1) is 26.8. The highest BCUT2D eigenvalue weighted by Crippen LogP contribution is 2.30. The molecule has 5 rings (SSSR count).